The molecular weight excluding hydrogens is 335 g/mol. The molecule has 1 aliphatic rings. The number of hydrogen-bond donors (Lipinski definition) is 2. The van der Waals surface area contributed by atoms with Crippen molar-refractivity contribution in [3.8, 4) is 0 Å². The van der Waals surface area contributed by atoms with Gasteiger partial charge in [0.05, 0.1) is 0 Å². The molecule has 1 heterocycles. The van der Waals surface area contributed by atoms with Gasteiger partial charge in [-0.15, -0.1) is 12.4 Å². The summed E-state index contributed by atoms with van der Waals surface area (Å²) >= 11 is 3.18. The van der Waals surface area contributed by atoms with Gasteiger partial charge in [-0.05, 0) is 50.0 Å². The number of hydrogen-bond acceptors (Lipinski definition) is 2. The number of rotatable bonds is 3. The second-order valence-electron chi connectivity index (χ2n) is 4.58. The van der Waals surface area contributed by atoms with E-state index in [9.17, 15) is 9.18 Å². The summed E-state index contributed by atoms with van der Waals surface area (Å²) in [6, 6.07) is 4.21. The summed E-state index contributed by atoms with van der Waals surface area (Å²) in [6.07, 6.45) is 2.27. The number of halogens is 3. The fourth-order valence-corrected chi connectivity index (χ4v) is 2.59. The van der Waals surface area contributed by atoms with E-state index in [2.05, 4.69) is 26.6 Å². The lowest BCUT2D eigenvalue weighted by Gasteiger charge is -2.22. The van der Waals surface area contributed by atoms with E-state index in [4.69, 9.17) is 0 Å². The van der Waals surface area contributed by atoms with Crippen LogP contribution in [-0.2, 0) is 0 Å². The quantitative estimate of drug-likeness (QED) is 0.879. The van der Waals surface area contributed by atoms with Gasteiger partial charge in [0.25, 0.3) is 5.91 Å². The molecule has 1 unspecified atom stereocenters. The van der Waals surface area contributed by atoms with Gasteiger partial charge in [-0.3, -0.25) is 4.79 Å². The van der Waals surface area contributed by atoms with E-state index in [1.807, 2.05) is 0 Å². The number of piperidine rings is 1. The Morgan fingerprint density at radius 3 is 2.89 bits per heavy atom. The van der Waals surface area contributed by atoms with Crippen LogP contribution in [0.15, 0.2) is 22.7 Å². The molecular formula is C13H17BrClFN2O. The second-order valence-corrected chi connectivity index (χ2v) is 5.50. The molecule has 0 saturated carbocycles. The summed E-state index contributed by atoms with van der Waals surface area (Å²) in [6.45, 7) is 2.63. The Morgan fingerprint density at radius 1 is 1.47 bits per heavy atom. The number of nitrogens with one attached hydrogen (secondary N) is 2. The number of carbonyl (C=O) groups excluding carboxylic acids is 1. The lowest BCUT2D eigenvalue weighted by molar-refractivity contribution is 0.0944. The first kappa shape index (κ1) is 16.4. The average Bonchev–Trinajstić information content (AvgIpc) is 2.36. The minimum Gasteiger partial charge on any atom is -0.352 e. The third-order valence-corrected chi connectivity index (χ3v) is 3.53. The van der Waals surface area contributed by atoms with E-state index in [1.54, 1.807) is 6.07 Å². The van der Waals surface area contributed by atoms with Gasteiger partial charge in [0.15, 0.2) is 0 Å². The molecule has 1 saturated heterocycles. The Kier molecular flexibility index (Phi) is 6.75. The van der Waals surface area contributed by atoms with Gasteiger partial charge >= 0.3 is 0 Å². The van der Waals surface area contributed by atoms with E-state index in [0.717, 1.165) is 25.9 Å². The molecule has 19 heavy (non-hydrogen) atoms. The maximum absolute atomic E-state index is 13.2. The molecule has 106 valence electrons. The smallest absolute Gasteiger partial charge is 0.251 e. The van der Waals surface area contributed by atoms with Crippen LogP contribution in [-0.4, -0.2) is 25.5 Å². The molecule has 0 radical (unpaired) electrons. The standard InChI is InChI=1S/C13H16BrFN2O.ClH/c14-11-4-10(5-12(15)6-11)13(18)17-8-9-2-1-3-16-7-9;/h4-6,9,16H,1-3,7-8H2,(H,17,18);1H. The number of carbonyl (C=O) groups is 1. The van der Waals surface area contributed by atoms with Gasteiger partial charge in [-0.25, -0.2) is 4.39 Å². The van der Waals surface area contributed by atoms with Gasteiger partial charge in [-0.2, -0.15) is 0 Å². The lowest BCUT2D eigenvalue weighted by atomic mass is 10.00. The van der Waals surface area contributed by atoms with Gasteiger partial charge < -0.3 is 10.6 Å². The third kappa shape index (κ3) is 5.09. The van der Waals surface area contributed by atoms with E-state index < -0.39 is 5.82 Å². The molecule has 2 N–H and O–H groups in total. The highest BCUT2D eigenvalue weighted by Gasteiger charge is 2.15. The molecule has 0 spiro atoms. The van der Waals surface area contributed by atoms with Crippen LogP contribution in [0.1, 0.15) is 23.2 Å². The van der Waals surface area contributed by atoms with Crippen LogP contribution >= 0.6 is 28.3 Å². The molecule has 6 heteroatoms. The Hall–Kier alpha value is -0.650. The van der Waals surface area contributed by atoms with E-state index in [1.165, 1.54) is 12.1 Å². The van der Waals surface area contributed by atoms with Crippen LogP contribution in [0.4, 0.5) is 4.39 Å². The molecule has 0 bridgehead atoms. The molecule has 2 rings (SSSR count). The van der Waals surface area contributed by atoms with Crippen molar-refractivity contribution < 1.29 is 9.18 Å². The Morgan fingerprint density at radius 2 is 2.26 bits per heavy atom. The summed E-state index contributed by atoms with van der Waals surface area (Å²) in [7, 11) is 0. The van der Waals surface area contributed by atoms with E-state index in [0.29, 0.717) is 22.5 Å². The Labute approximate surface area is 126 Å². The van der Waals surface area contributed by atoms with Crippen molar-refractivity contribution >= 4 is 34.2 Å². The van der Waals surface area contributed by atoms with E-state index in [-0.39, 0.29) is 18.3 Å². The lowest BCUT2D eigenvalue weighted by Crippen LogP contribution is -2.38. The van der Waals surface area contributed by atoms with Gasteiger partial charge in [0, 0.05) is 16.6 Å². The van der Waals surface area contributed by atoms with Gasteiger partial charge in [0.1, 0.15) is 5.82 Å². The molecule has 0 aliphatic carbocycles. The highest BCUT2D eigenvalue weighted by atomic mass is 79.9. The van der Waals surface area contributed by atoms with Crippen LogP contribution in [0, 0.1) is 11.7 Å². The molecule has 0 aromatic heterocycles. The van der Waals surface area contributed by atoms with Crippen molar-refractivity contribution in [2.24, 2.45) is 5.92 Å². The van der Waals surface area contributed by atoms with E-state index >= 15 is 0 Å². The average molecular weight is 352 g/mol. The maximum atomic E-state index is 13.2. The van der Waals surface area contributed by atoms with Crippen molar-refractivity contribution in [2.45, 2.75) is 12.8 Å². The molecule has 1 atom stereocenters. The number of benzene rings is 1. The molecule has 1 amide bonds. The highest BCUT2D eigenvalue weighted by molar-refractivity contribution is 9.10. The van der Waals surface area contributed by atoms with Crippen molar-refractivity contribution in [1.82, 2.24) is 10.6 Å². The minimum absolute atomic E-state index is 0. The first-order valence-electron chi connectivity index (χ1n) is 6.10. The largest absolute Gasteiger partial charge is 0.352 e. The van der Waals surface area contributed by atoms with Crippen LogP contribution in [0.5, 0.6) is 0 Å². The zero-order valence-corrected chi connectivity index (χ0v) is 12.8. The first-order valence-corrected chi connectivity index (χ1v) is 6.89. The first-order chi connectivity index (χ1) is 8.65. The van der Waals surface area contributed by atoms with Crippen LogP contribution in [0.25, 0.3) is 0 Å². The SMILES string of the molecule is Cl.O=C(NCC1CCCNC1)c1cc(F)cc(Br)c1. The Bertz CT molecular complexity index is 418. The van der Waals surface area contributed by atoms with Crippen LogP contribution in [0.2, 0.25) is 0 Å². The number of amides is 1. The fraction of sp³-hybridized carbons (Fsp3) is 0.462. The zero-order valence-electron chi connectivity index (χ0n) is 10.4. The monoisotopic (exact) mass is 350 g/mol. The molecule has 3 nitrogen and oxygen atoms in total. The second kappa shape index (κ2) is 7.82. The normalized spacial score (nSPS) is 18.5. The third-order valence-electron chi connectivity index (χ3n) is 3.07. The van der Waals surface area contributed by atoms with Crippen LogP contribution < -0.4 is 10.6 Å². The van der Waals surface area contributed by atoms with Crippen molar-refractivity contribution in [3.05, 3.63) is 34.1 Å². The summed E-state index contributed by atoms with van der Waals surface area (Å²) in [5, 5.41) is 6.15. The summed E-state index contributed by atoms with van der Waals surface area (Å²) in [5.41, 5.74) is 0.352. The van der Waals surface area contributed by atoms with Crippen molar-refractivity contribution in [1.29, 1.82) is 0 Å². The Balaban J connectivity index is 0.00000180. The summed E-state index contributed by atoms with van der Waals surface area (Å²) in [4.78, 5) is 11.9. The minimum atomic E-state index is -0.408. The fourth-order valence-electron chi connectivity index (χ4n) is 2.12. The predicted molar refractivity (Wildman–Crippen MR) is 79.3 cm³/mol. The van der Waals surface area contributed by atoms with Crippen molar-refractivity contribution in [2.75, 3.05) is 19.6 Å². The zero-order chi connectivity index (χ0) is 13.0. The molecule has 1 aromatic carbocycles. The predicted octanol–water partition coefficient (Wildman–Crippen LogP) is 2.74. The van der Waals surface area contributed by atoms with Crippen molar-refractivity contribution in [3.63, 3.8) is 0 Å². The molecule has 1 aliphatic heterocycles. The molecule has 1 aromatic rings. The maximum Gasteiger partial charge on any atom is 0.251 e. The van der Waals surface area contributed by atoms with Gasteiger partial charge in [0.2, 0.25) is 0 Å². The van der Waals surface area contributed by atoms with Crippen LogP contribution in [0.3, 0.4) is 0 Å². The topological polar surface area (TPSA) is 41.1 Å². The highest BCUT2D eigenvalue weighted by Crippen LogP contribution is 2.15. The molecule has 1 fully saturated rings. The van der Waals surface area contributed by atoms with Gasteiger partial charge in [-0.1, -0.05) is 15.9 Å². The summed E-state index contributed by atoms with van der Waals surface area (Å²) in [5.74, 6) is -0.158. The summed E-state index contributed by atoms with van der Waals surface area (Å²) < 4.78 is 13.7.